The Balaban J connectivity index is 1.41. The molecule has 0 spiro atoms. The van der Waals surface area contributed by atoms with Crippen LogP contribution in [-0.4, -0.2) is 45.1 Å². The second kappa shape index (κ2) is 11.4. The topological polar surface area (TPSA) is 145 Å². The van der Waals surface area contributed by atoms with Crippen LogP contribution in [0.3, 0.4) is 0 Å². The molecule has 0 aliphatic carbocycles. The van der Waals surface area contributed by atoms with Crippen LogP contribution in [0.2, 0.25) is 5.02 Å². The smallest absolute Gasteiger partial charge is 0.301 e. The zero-order valence-electron chi connectivity index (χ0n) is 21.4. The van der Waals surface area contributed by atoms with E-state index in [1.165, 1.54) is 42.1 Å². The van der Waals surface area contributed by atoms with E-state index in [1.807, 2.05) is 12.1 Å². The third-order valence-corrected chi connectivity index (χ3v) is 8.91. The largest absolute Gasteiger partial charge is 0.507 e. The third kappa shape index (κ3) is 5.29. The molecule has 11 nitrogen and oxygen atoms in total. The van der Waals surface area contributed by atoms with E-state index in [-0.39, 0.29) is 27.5 Å². The molecule has 0 saturated carbocycles. The highest BCUT2D eigenvalue weighted by Gasteiger charge is 2.48. The van der Waals surface area contributed by atoms with Crippen LogP contribution in [0, 0.1) is 10.1 Å². The van der Waals surface area contributed by atoms with Gasteiger partial charge in [0, 0.05) is 28.5 Å². The number of aliphatic hydroxyl groups is 1. The summed E-state index contributed by atoms with van der Waals surface area (Å²) in [6, 6.07) is 16.3. The van der Waals surface area contributed by atoms with Crippen LogP contribution < -0.4 is 14.4 Å². The molecule has 6 rings (SSSR count). The third-order valence-electron chi connectivity index (χ3n) is 6.53. The molecule has 14 heteroatoms. The van der Waals surface area contributed by atoms with Gasteiger partial charge in [-0.25, -0.2) is 0 Å². The molecule has 1 amide bonds. The summed E-state index contributed by atoms with van der Waals surface area (Å²) in [6.45, 7) is 0.683. The number of aromatic nitrogens is 2. The predicted octanol–water partition coefficient (Wildman–Crippen LogP) is 5.79. The average Bonchev–Trinajstić information content (AvgIpc) is 3.58. The minimum absolute atomic E-state index is 0.105. The number of hydrogen-bond acceptors (Lipinski definition) is 11. The lowest BCUT2D eigenvalue weighted by Crippen LogP contribution is -2.29. The number of hydrogen-bond donors (Lipinski definition) is 1. The summed E-state index contributed by atoms with van der Waals surface area (Å²) in [5.74, 6) is -0.973. The maximum Gasteiger partial charge on any atom is 0.301 e. The molecule has 2 aliphatic rings. The average molecular weight is 623 g/mol. The summed E-state index contributed by atoms with van der Waals surface area (Å²) >= 11 is 8.44. The van der Waals surface area contributed by atoms with Crippen LogP contribution in [0.15, 0.2) is 76.6 Å². The van der Waals surface area contributed by atoms with Gasteiger partial charge in [0.1, 0.15) is 19.0 Å². The van der Waals surface area contributed by atoms with Gasteiger partial charge in [-0.3, -0.25) is 24.6 Å². The van der Waals surface area contributed by atoms with Gasteiger partial charge < -0.3 is 14.6 Å². The summed E-state index contributed by atoms with van der Waals surface area (Å²) in [4.78, 5) is 39.1. The fraction of sp³-hybridized carbons (Fsp3) is 0.143. The van der Waals surface area contributed by atoms with Gasteiger partial charge in [0.25, 0.3) is 11.5 Å². The summed E-state index contributed by atoms with van der Waals surface area (Å²) in [5.41, 5.74) is 0.964. The first-order valence-electron chi connectivity index (χ1n) is 12.5. The summed E-state index contributed by atoms with van der Waals surface area (Å²) in [6.07, 6.45) is 0. The molecule has 1 N–H and O–H groups in total. The molecule has 3 heterocycles. The van der Waals surface area contributed by atoms with Gasteiger partial charge in [-0.05, 0) is 41.5 Å². The van der Waals surface area contributed by atoms with Crippen LogP contribution in [-0.2, 0) is 15.3 Å². The number of Topliss-reactive ketones (excluding diaryl/α,β-unsaturated/α-hetero) is 1. The molecular weight excluding hydrogens is 604 g/mol. The molecule has 2 aliphatic heterocycles. The Hall–Kier alpha value is -4.46. The SMILES string of the molecule is O=C1C(=O)N(c2nnc(SCc3ccc(Cl)cc3)s2)C(c2cccc([N+](=O)[O-])c2)/C1=C(\O)c1ccc2c(c1)OCCO2. The van der Waals surface area contributed by atoms with Crippen molar-refractivity contribution in [3.63, 3.8) is 0 Å². The van der Waals surface area contributed by atoms with Crippen molar-refractivity contribution in [1.29, 1.82) is 0 Å². The number of aliphatic hydroxyl groups excluding tert-OH is 1. The van der Waals surface area contributed by atoms with Gasteiger partial charge in [0.15, 0.2) is 15.8 Å². The Morgan fingerprint density at radius 2 is 1.83 bits per heavy atom. The van der Waals surface area contributed by atoms with E-state index in [2.05, 4.69) is 10.2 Å². The fourth-order valence-corrected chi connectivity index (χ4v) is 6.53. The number of rotatable bonds is 7. The van der Waals surface area contributed by atoms with Crippen molar-refractivity contribution in [1.82, 2.24) is 10.2 Å². The highest BCUT2D eigenvalue weighted by Crippen LogP contribution is 2.45. The quantitative estimate of drug-likeness (QED) is 0.0511. The van der Waals surface area contributed by atoms with E-state index in [0.29, 0.717) is 39.8 Å². The van der Waals surface area contributed by atoms with Crippen LogP contribution in [0.5, 0.6) is 11.5 Å². The Labute approximate surface area is 251 Å². The molecule has 1 atom stereocenters. The number of carbonyl (C=O) groups is 2. The number of anilines is 1. The Morgan fingerprint density at radius 1 is 1.07 bits per heavy atom. The number of benzene rings is 3. The predicted molar refractivity (Wildman–Crippen MR) is 156 cm³/mol. The van der Waals surface area contributed by atoms with Gasteiger partial charge in [0.2, 0.25) is 5.13 Å². The van der Waals surface area contributed by atoms with Gasteiger partial charge in [-0.2, -0.15) is 0 Å². The van der Waals surface area contributed by atoms with Crippen LogP contribution in [0.4, 0.5) is 10.8 Å². The maximum atomic E-state index is 13.5. The molecule has 1 saturated heterocycles. The first-order valence-corrected chi connectivity index (χ1v) is 14.6. The molecule has 1 unspecified atom stereocenters. The molecule has 42 heavy (non-hydrogen) atoms. The number of nitrogens with zero attached hydrogens (tertiary/aromatic N) is 4. The zero-order chi connectivity index (χ0) is 29.4. The lowest BCUT2D eigenvalue weighted by atomic mass is 9.95. The fourth-order valence-electron chi connectivity index (χ4n) is 4.58. The van der Waals surface area contributed by atoms with E-state index in [9.17, 15) is 24.8 Å². The number of fused-ring (bicyclic) bond motifs is 1. The van der Waals surface area contributed by atoms with Gasteiger partial charge in [-0.1, -0.05) is 59.0 Å². The number of nitro benzene ring substituents is 1. The number of non-ortho nitro benzene ring substituents is 1. The Morgan fingerprint density at radius 3 is 2.60 bits per heavy atom. The number of amides is 1. The summed E-state index contributed by atoms with van der Waals surface area (Å²) in [7, 11) is 0. The lowest BCUT2D eigenvalue weighted by molar-refractivity contribution is -0.384. The second-order valence-corrected chi connectivity index (χ2v) is 11.8. The zero-order valence-corrected chi connectivity index (χ0v) is 23.8. The van der Waals surface area contributed by atoms with Crippen molar-refractivity contribution in [2.24, 2.45) is 0 Å². The van der Waals surface area contributed by atoms with Crippen LogP contribution in [0.25, 0.3) is 5.76 Å². The maximum absolute atomic E-state index is 13.5. The number of nitro groups is 1. The van der Waals surface area contributed by atoms with Crippen LogP contribution >= 0.6 is 34.7 Å². The van der Waals surface area contributed by atoms with E-state index < -0.39 is 28.4 Å². The van der Waals surface area contributed by atoms with Gasteiger partial charge >= 0.3 is 5.91 Å². The number of halogens is 1. The molecule has 212 valence electrons. The van der Waals surface area contributed by atoms with Crippen molar-refractivity contribution in [2.75, 3.05) is 18.1 Å². The van der Waals surface area contributed by atoms with Gasteiger partial charge in [-0.15, -0.1) is 10.2 Å². The van der Waals surface area contributed by atoms with Crippen molar-refractivity contribution in [3.05, 3.63) is 104 Å². The minimum Gasteiger partial charge on any atom is -0.507 e. The monoisotopic (exact) mass is 622 g/mol. The molecule has 1 fully saturated rings. The molecule has 1 aromatic heterocycles. The normalized spacial score (nSPS) is 17.5. The van der Waals surface area contributed by atoms with E-state index in [4.69, 9.17) is 21.1 Å². The Kier molecular flexibility index (Phi) is 7.54. The second-order valence-electron chi connectivity index (χ2n) is 9.15. The van der Waals surface area contributed by atoms with Crippen molar-refractivity contribution in [2.45, 2.75) is 16.1 Å². The summed E-state index contributed by atoms with van der Waals surface area (Å²) < 4.78 is 11.7. The molecule has 4 aromatic rings. The Bertz CT molecular complexity index is 1760. The molecular formula is C28H19ClN4O7S2. The van der Waals surface area contributed by atoms with Crippen molar-refractivity contribution < 1.29 is 29.1 Å². The van der Waals surface area contributed by atoms with E-state index >= 15 is 0 Å². The highest BCUT2D eigenvalue weighted by molar-refractivity contribution is 8.00. The van der Waals surface area contributed by atoms with Gasteiger partial charge in [0.05, 0.1) is 16.5 Å². The van der Waals surface area contributed by atoms with E-state index in [1.54, 1.807) is 24.3 Å². The number of ketones is 1. The first-order chi connectivity index (χ1) is 20.3. The number of thioether (sulfide) groups is 1. The van der Waals surface area contributed by atoms with Crippen molar-refractivity contribution in [3.8, 4) is 11.5 Å². The molecule has 0 radical (unpaired) electrons. The minimum atomic E-state index is -1.21. The lowest BCUT2D eigenvalue weighted by Gasteiger charge is -2.23. The van der Waals surface area contributed by atoms with Crippen LogP contribution in [0.1, 0.15) is 22.7 Å². The van der Waals surface area contributed by atoms with E-state index in [0.717, 1.165) is 21.8 Å². The number of carbonyl (C=O) groups excluding carboxylic acids is 2. The standard InChI is InChI=1S/C28H19ClN4O7S2/c29-18-7-4-15(5-8-18)14-41-28-31-30-27(42-28)32-23(16-2-1-3-19(12-16)33(37)38)22(25(35)26(32)36)24(34)17-6-9-20-21(13-17)40-11-10-39-20/h1-9,12-13,23,34H,10-11,14H2/b24-22+. The summed E-state index contributed by atoms with van der Waals surface area (Å²) in [5, 5.41) is 32.1. The van der Waals surface area contributed by atoms with Crippen molar-refractivity contribution >= 4 is 63.0 Å². The molecule has 0 bridgehead atoms. The first kappa shape index (κ1) is 27.7. The number of ether oxygens (including phenoxy) is 2. The molecule has 3 aromatic carbocycles. The highest BCUT2D eigenvalue weighted by atomic mass is 35.5.